The SMILES string of the molecule is CC(C)(C)S(=O)(=O)Nc1sc([Si](C)(C)C)cc1-c1ccc(OCBr)cc1. The number of hydrogen-bond acceptors (Lipinski definition) is 4. The van der Waals surface area contributed by atoms with Crippen molar-refractivity contribution in [3.05, 3.63) is 30.3 Å². The summed E-state index contributed by atoms with van der Waals surface area (Å²) in [5, 5.41) is 0.687. The Hall–Kier alpha value is -0.833. The van der Waals surface area contributed by atoms with Gasteiger partial charge in [0.15, 0.2) is 0 Å². The summed E-state index contributed by atoms with van der Waals surface area (Å²) >= 11 is 4.80. The largest absolute Gasteiger partial charge is 0.482 e. The molecule has 0 unspecified atom stereocenters. The summed E-state index contributed by atoms with van der Waals surface area (Å²) in [6.07, 6.45) is 0. The molecule has 0 aliphatic carbocycles. The number of benzene rings is 1. The number of nitrogens with one attached hydrogen (secondary N) is 1. The van der Waals surface area contributed by atoms with Gasteiger partial charge in [-0.2, -0.15) is 0 Å². The Morgan fingerprint density at radius 2 is 1.73 bits per heavy atom. The molecule has 0 saturated carbocycles. The van der Waals surface area contributed by atoms with Crippen LogP contribution >= 0.6 is 27.3 Å². The van der Waals surface area contributed by atoms with Gasteiger partial charge in [0.2, 0.25) is 10.0 Å². The molecular weight excluding hydrogens is 450 g/mol. The molecule has 8 heteroatoms. The molecule has 2 rings (SSSR count). The number of rotatable bonds is 6. The van der Waals surface area contributed by atoms with Crippen molar-refractivity contribution in [1.29, 1.82) is 0 Å². The molecule has 0 radical (unpaired) electrons. The van der Waals surface area contributed by atoms with Gasteiger partial charge in [-0.3, -0.25) is 4.72 Å². The normalized spacial score (nSPS) is 12.9. The fourth-order valence-electron chi connectivity index (χ4n) is 2.12. The van der Waals surface area contributed by atoms with E-state index in [9.17, 15) is 8.42 Å². The molecule has 26 heavy (non-hydrogen) atoms. The molecule has 2 aromatic rings. The zero-order valence-corrected chi connectivity index (χ0v) is 20.2. The Balaban J connectivity index is 2.52. The van der Waals surface area contributed by atoms with Crippen LogP contribution in [-0.4, -0.2) is 26.8 Å². The summed E-state index contributed by atoms with van der Waals surface area (Å²) in [5.74, 6) is 0.767. The first-order valence-electron chi connectivity index (χ1n) is 8.31. The van der Waals surface area contributed by atoms with Crippen molar-refractivity contribution >= 4 is 54.9 Å². The molecule has 1 aromatic heterocycles. The summed E-state index contributed by atoms with van der Waals surface area (Å²) in [6, 6.07) is 9.85. The van der Waals surface area contributed by atoms with Crippen LogP contribution in [0.15, 0.2) is 30.3 Å². The highest BCUT2D eigenvalue weighted by molar-refractivity contribution is 9.09. The van der Waals surface area contributed by atoms with Crippen molar-refractivity contribution in [2.45, 2.75) is 45.2 Å². The van der Waals surface area contributed by atoms with Crippen molar-refractivity contribution in [3.63, 3.8) is 0 Å². The van der Waals surface area contributed by atoms with E-state index in [2.05, 4.69) is 46.4 Å². The van der Waals surface area contributed by atoms with E-state index in [1.54, 1.807) is 32.1 Å². The van der Waals surface area contributed by atoms with Crippen LogP contribution in [0.4, 0.5) is 5.00 Å². The summed E-state index contributed by atoms with van der Waals surface area (Å²) in [6.45, 7) is 11.9. The molecule has 0 spiro atoms. The maximum atomic E-state index is 12.7. The van der Waals surface area contributed by atoms with E-state index in [-0.39, 0.29) is 0 Å². The highest BCUT2D eigenvalue weighted by atomic mass is 79.9. The first kappa shape index (κ1) is 21.5. The summed E-state index contributed by atoms with van der Waals surface area (Å²) in [5.41, 5.74) is 2.33. The average molecular weight is 477 g/mol. The fourth-order valence-corrected chi connectivity index (χ4v) is 6.33. The minimum Gasteiger partial charge on any atom is -0.482 e. The zero-order valence-electron chi connectivity index (χ0n) is 16.0. The van der Waals surface area contributed by atoms with Crippen LogP contribution in [0.5, 0.6) is 5.75 Å². The zero-order chi connectivity index (χ0) is 19.8. The van der Waals surface area contributed by atoms with E-state index >= 15 is 0 Å². The summed E-state index contributed by atoms with van der Waals surface area (Å²) in [7, 11) is -5.05. The third-order valence-electron chi connectivity index (χ3n) is 3.89. The lowest BCUT2D eigenvalue weighted by Crippen LogP contribution is -2.35. The first-order valence-corrected chi connectivity index (χ1v) is 15.2. The van der Waals surface area contributed by atoms with Crippen molar-refractivity contribution in [2.75, 3.05) is 10.2 Å². The molecule has 0 saturated heterocycles. The second-order valence-corrected chi connectivity index (χ2v) is 17.4. The Morgan fingerprint density at radius 3 is 2.19 bits per heavy atom. The van der Waals surface area contributed by atoms with Gasteiger partial charge < -0.3 is 4.74 Å². The topological polar surface area (TPSA) is 55.4 Å². The summed E-state index contributed by atoms with van der Waals surface area (Å²) in [4.78, 5) is 0. The van der Waals surface area contributed by atoms with E-state index < -0.39 is 22.8 Å². The smallest absolute Gasteiger partial charge is 0.238 e. The lowest BCUT2D eigenvalue weighted by Gasteiger charge is -2.20. The number of halogens is 1. The van der Waals surface area contributed by atoms with Gasteiger partial charge in [-0.05, 0) is 65.0 Å². The average Bonchev–Trinajstić information content (AvgIpc) is 2.90. The second kappa shape index (κ2) is 7.65. The molecule has 1 N–H and O–H groups in total. The van der Waals surface area contributed by atoms with Gasteiger partial charge in [0.05, 0.1) is 12.8 Å². The van der Waals surface area contributed by atoms with E-state index in [1.807, 2.05) is 24.3 Å². The minimum atomic E-state index is -3.49. The highest BCUT2D eigenvalue weighted by Crippen LogP contribution is 2.36. The maximum absolute atomic E-state index is 12.7. The Bertz CT molecular complexity index is 863. The van der Waals surface area contributed by atoms with Crippen LogP contribution in [0, 0.1) is 0 Å². The Labute approximate surface area is 170 Å². The molecule has 1 heterocycles. The van der Waals surface area contributed by atoms with Crippen LogP contribution in [-0.2, 0) is 10.0 Å². The molecule has 0 atom stereocenters. The predicted octanol–water partition coefficient (Wildman–Crippen LogP) is 5.23. The predicted molar refractivity (Wildman–Crippen MR) is 119 cm³/mol. The van der Waals surface area contributed by atoms with Gasteiger partial charge in [-0.25, -0.2) is 8.42 Å². The molecule has 144 valence electrons. The van der Waals surface area contributed by atoms with Crippen molar-refractivity contribution < 1.29 is 13.2 Å². The second-order valence-electron chi connectivity index (χ2n) is 8.10. The number of alkyl halides is 1. The van der Waals surface area contributed by atoms with Gasteiger partial charge in [0.25, 0.3) is 0 Å². The fraction of sp³-hybridized carbons (Fsp3) is 0.444. The van der Waals surface area contributed by atoms with Crippen LogP contribution in [0.1, 0.15) is 20.8 Å². The van der Waals surface area contributed by atoms with Gasteiger partial charge in [0, 0.05) is 5.56 Å². The monoisotopic (exact) mass is 475 g/mol. The molecule has 0 bridgehead atoms. The number of ether oxygens (including phenoxy) is 1. The molecule has 4 nitrogen and oxygen atoms in total. The minimum absolute atomic E-state index is 0.432. The number of hydrogen-bond donors (Lipinski definition) is 1. The maximum Gasteiger partial charge on any atom is 0.238 e. The van der Waals surface area contributed by atoms with Crippen LogP contribution in [0.25, 0.3) is 11.1 Å². The third kappa shape index (κ3) is 4.91. The number of thiophene rings is 1. The standard InChI is InChI=1S/C18H26BrNO3S2Si/c1-18(2,3)25(21,22)20-17-15(11-16(24-17)26(4,5)6)13-7-9-14(10-8-13)23-12-19/h7-11,20H,12H2,1-6H3. The van der Waals surface area contributed by atoms with Crippen molar-refractivity contribution in [1.82, 2.24) is 0 Å². The van der Waals surface area contributed by atoms with E-state index in [1.165, 1.54) is 4.50 Å². The highest BCUT2D eigenvalue weighted by Gasteiger charge is 2.31. The van der Waals surface area contributed by atoms with Crippen LogP contribution < -0.4 is 14.0 Å². The molecule has 1 aromatic carbocycles. The Kier molecular flexibility index (Phi) is 6.32. The summed E-state index contributed by atoms with van der Waals surface area (Å²) < 4.78 is 34.0. The molecule has 0 aliphatic rings. The van der Waals surface area contributed by atoms with Gasteiger partial charge in [-0.15, -0.1) is 11.3 Å². The molecule has 0 amide bonds. The number of sulfonamides is 1. The number of anilines is 1. The van der Waals surface area contributed by atoms with Crippen LogP contribution in [0.3, 0.4) is 0 Å². The first-order chi connectivity index (χ1) is 11.8. The quantitative estimate of drug-likeness (QED) is 0.459. The van der Waals surface area contributed by atoms with Gasteiger partial charge in [-0.1, -0.05) is 31.8 Å². The molecule has 0 aliphatic heterocycles. The van der Waals surface area contributed by atoms with E-state index in [4.69, 9.17) is 4.74 Å². The third-order valence-corrected chi connectivity index (χ3v) is 11.0. The molecule has 0 fully saturated rings. The Morgan fingerprint density at radius 1 is 1.15 bits per heavy atom. The van der Waals surface area contributed by atoms with Crippen LogP contribution in [0.2, 0.25) is 19.6 Å². The van der Waals surface area contributed by atoms with E-state index in [0.717, 1.165) is 16.9 Å². The van der Waals surface area contributed by atoms with Crippen molar-refractivity contribution in [3.8, 4) is 16.9 Å². The van der Waals surface area contributed by atoms with Crippen molar-refractivity contribution in [2.24, 2.45) is 0 Å². The lowest BCUT2D eigenvalue weighted by atomic mass is 10.1. The van der Waals surface area contributed by atoms with Gasteiger partial charge >= 0.3 is 0 Å². The molecular formula is C18H26BrNO3S2Si. The lowest BCUT2D eigenvalue weighted by molar-refractivity contribution is 0.398. The van der Waals surface area contributed by atoms with E-state index in [0.29, 0.717) is 10.5 Å². The van der Waals surface area contributed by atoms with Gasteiger partial charge in [0.1, 0.15) is 16.3 Å².